The molecule has 152 valence electrons. The van der Waals surface area contributed by atoms with Crippen LogP contribution in [0.1, 0.15) is 34.0 Å². The molecule has 0 saturated carbocycles. The molecule has 1 aliphatic heterocycles. The Morgan fingerprint density at radius 3 is 2.48 bits per heavy atom. The molecule has 7 nitrogen and oxygen atoms in total. The van der Waals surface area contributed by atoms with Crippen molar-refractivity contribution in [3.8, 4) is 5.75 Å². The van der Waals surface area contributed by atoms with E-state index in [-0.39, 0.29) is 11.9 Å². The molecule has 2 aromatic carbocycles. The van der Waals surface area contributed by atoms with Gasteiger partial charge in [-0.15, -0.1) is 0 Å². The van der Waals surface area contributed by atoms with Gasteiger partial charge in [-0.05, 0) is 35.9 Å². The number of cyclic esters (lactones) is 1. The molecule has 0 bridgehead atoms. The first-order chi connectivity index (χ1) is 13.8. The lowest BCUT2D eigenvalue weighted by atomic mass is 9.98. The van der Waals surface area contributed by atoms with Crippen molar-refractivity contribution in [3.05, 3.63) is 65.2 Å². The first-order valence-electron chi connectivity index (χ1n) is 9.37. The molecule has 2 aromatic rings. The fourth-order valence-corrected chi connectivity index (χ4v) is 3.15. The number of fused-ring (bicyclic) bond motifs is 1. The number of nitrogens with one attached hydrogen (secondary N) is 1. The van der Waals surface area contributed by atoms with Crippen molar-refractivity contribution in [1.82, 2.24) is 5.43 Å². The van der Waals surface area contributed by atoms with E-state index in [1.807, 2.05) is 63.6 Å². The van der Waals surface area contributed by atoms with Crippen molar-refractivity contribution in [3.63, 3.8) is 0 Å². The van der Waals surface area contributed by atoms with Gasteiger partial charge in [-0.1, -0.05) is 18.2 Å². The Bertz CT molecular complexity index is 930. The minimum Gasteiger partial charge on any atom is -0.497 e. The third-order valence-corrected chi connectivity index (χ3v) is 4.51. The van der Waals surface area contributed by atoms with Gasteiger partial charge in [0.15, 0.2) is 6.54 Å². The van der Waals surface area contributed by atoms with Gasteiger partial charge in [0.25, 0.3) is 5.91 Å². The standard InChI is InChI=1S/C22H25N3O4/c1-25(2,3)14-21(26)24-23-19(15-9-11-16(28-4)12-10-15)13-20-17-7-5-6-8-18(17)22(27)29-20/h5-12,20H,13-14H2,1-4H3/p+1/b23-19+. The molecule has 1 unspecified atom stereocenters. The SMILES string of the molecule is COc1ccc(/C(CC2OC(=O)c3ccccc32)=N/NC(=O)C[N+](C)(C)C)cc1. The maximum Gasteiger partial charge on any atom is 0.339 e. The summed E-state index contributed by atoms with van der Waals surface area (Å²) in [6, 6.07) is 14.7. The van der Waals surface area contributed by atoms with Gasteiger partial charge in [-0.3, -0.25) is 4.79 Å². The molecule has 7 heteroatoms. The number of methoxy groups -OCH3 is 1. The predicted octanol–water partition coefficient (Wildman–Crippen LogP) is 2.52. The molecule has 1 amide bonds. The summed E-state index contributed by atoms with van der Waals surface area (Å²) in [5.74, 6) is 0.195. The van der Waals surface area contributed by atoms with Gasteiger partial charge in [-0.2, -0.15) is 5.10 Å². The van der Waals surface area contributed by atoms with E-state index in [9.17, 15) is 9.59 Å². The van der Waals surface area contributed by atoms with E-state index >= 15 is 0 Å². The fourth-order valence-electron chi connectivity index (χ4n) is 3.15. The average molecular weight is 396 g/mol. The smallest absolute Gasteiger partial charge is 0.339 e. The second-order valence-corrected chi connectivity index (χ2v) is 7.96. The van der Waals surface area contributed by atoms with Crippen LogP contribution in [0.2, 0.25) is 0 Å². The highest BCUT2D eigenvalue weighted by Crippen LogP contribution is 2.34. The van der Waals surface area contributed by atoms with E-state index in [0.29, 0.717) is 28.7 Å². The zero-order valence-electron chi connectivity index (χ0n) is 17.1. The number of hydrogen-bond donors (Lipinski definition) is 1. The third kappa shape index (κ3) is 5.20. The molecule has 3 rings (SSSR count). The summed E-state index contributed by atoms with van der Waals surface area (Å²) in [5.41, 5.74) is 5.48. The van der Waals surface area contributed by atoms with E-state index in [4.69, 9.17) is 9.47 Å². The fraction of sp³-hybridized carbons (Fsp3) is 0.318. The number of hydrazone groups is 1. The lowest BCUT2D eigenvalue weighted by Gasteiger charge is -2.22. The van der Waals surface area contributed by atoms with E-state index in [1.165, 1.54) is 0 Å². The van der Waals surface area contributed by atoms with Gasteiger partial charge in [-0.25, -0.2) is 10.2 Å². The normalized spacial score (nSPS) is 16.2. The largest absolute Gasteiger partial charge is 0.497 e. The molecule has 1 heterocycles. The van der Waals surface area contributed by atoms with Crippen molar-refractivity contribution in [2.24, 2.45) is 5.10 Å². The second-order valence-electron chi connectivity index (χ2n) is 7.96. The number of hydrogen-bond acceptors (Lipinski definition) is 5. The quantitative estimate of drug-likeness (QED) is 0.338. The average Bonchev–Trinajstić information content (AvgIpc) is 3.00. The minimum absolute atomic E-state index is 0.188. The van der Waals surface area contributed by atoms with Gasteiger partial charge >= 0.3 is 5.97 Å². The van der Waals surface area contributed by atoms with E-state index < -0.39 is 6.10 Å². The summed E-state index contributed by atoms with van der Waals surface area (Å²) in [6.45, 7) is 0.292. The number of nitrogens with zero attached hydrogens (tertiary/aromatic N) is 2. The Morgan fingerprint density at radius 2 is 1.83 bits per heavy atom. The Kier molecular flexibility index (Phi) is 5.98. The molecule has 0 spiro atoms. The molecule has 0 radical (unpaired) electrons. The highest BCUT2D eigenvalue weighted by molar-refractivity contribution is 6.02. The van der Waals surface area contributed by atoms with Crippen LogP contribution < -0.4 is 10.2 Å². The maximum absolute atomic E-state index is 12.2. The number of carbonyl (C=O) groups excluding carboxylic acids is 2. The first-order valence-corrected chi connectivity index (χ1v) is 9.37. The van der Waals surface area contributed by atoms with E-state index in [2.05, 4.69) is 10.5 Å². The molecule has 29 heavy (non-hydrogen) atoms. The van der Waals surface area contributed by atoms with Crippen LogP contribution in [0, 0.1) is 0 Å². The summed E-state index contributed by atoms with van der Waals surface area (Å²) in [7, 11) is 7.40. The Balaban J connectivity index is 1.86. The van der Waals surface area contributed by atoms with Crippen LogP contribution in [0.15, 0.2) is 53.6 Å². The van der Waals surface area contributed by atoms with Crippen LogP contribution in [-0.2, 0) is 9.53 Å². The van der Waals surface area contributed by atoms with Crippen molar-refractivity contribution in [1.29, 1.82) is 0 Å². The number of ether oxygens (including phenoxy) is 2. The van der Waals surface area contributed by atoms with Crippen molar-refractivity contribution in [2.45, 2.75) is 12.5 Å². The van der Waals surface area contributed by atoms with Gasteiger partial charge in [0.2, 0.25) is 0 Å². The number of amides is 1. The van der Waals surface area contributed by atoms with Crippen LogP contribution >= 0.6 is 0 Å². The summed E-state index contributed by atoms with van der Waals surface area (Å²) >= 11 is 0. The van der Waals surface area contributed by atoms with Crippen molar-refractivity contribution < 1.29 is 23.5 Å². The van der Waals surface area contributed by atoms with E-state index in [1.54, 1.807) is 13.2 Å². The third-order valence-electron chi connectivity index (χ3n) is 4.51. The lowest BCUT2D eigenvalue weighted by Crippen LogP contribution is -2.43. The van der Waals surface area contributed by atoms with Crippen LogP contribution in [0.4, 0.5) is 0 Å². The zero-order chi connectivity index (χ0) is 21.0. The van der Waals surface area contributed by atoms with Crippen molar-refractivity contribution >= 4 is 17.6 Å². The number of likely N-dealkylation sites (N-methyl/N-ethyl adjacent to an activating group) is 1. The Morgan fingerprint density at radius 1 is 1.14 bits per heavy atom. The van der Waals surface area contributed by atoms with Crippen LogP contribution in [0.5, 0.6) is 5.75 Å². The molecule has 1 atom stereocenters. The topological polar surface area (TPSA) is 77.0 Å². The summed E-state index contributed by atoms with van der Waals surface area (Å²) in [5, 5.41) is 4.37. The zero-order valence-corrected chi connectivity index (χ0v) is 17.1. The summed E-state index contributed by atoms with van der Waals surface area (Å²) in [4.78, 5) is 24.4. The van der Waals surface area contributed by atoms with Gasteiger partial charge < -0.3 is 14.0 Å². The Labute approximate surface area is 170 Å². The molecule has 1 N–H and O–H groups in total. The molecule has 0 fully saturated rings. The number of rotatable bonds is 7. The maximum atomic E-state index is 12.2. The molecule has 1 aliphatic rings. The summed E-state index contributed by atoms with van der Waals surface area (Å²) in [6.07, 6.45) is -0.102. The highest BCUT2D eigenvalue weighted by Gasteiger charge is 2.31. The Hall–Kier alpha value is -3.19. The second kappa shape index (κ2) is 8.45. The van der Waals surface area contributed by atoms with Crippen LogP contribution in [0.3, 0.4) is 0 Å². The number of esters is 1. The van der Waals surface area contributed by atoms with Crippen molar-refractivity contribution in [2.75, 3.05) is 34.8 Å². The molecular formula is C22H26N3O4+. The predicted molar refractivity (Wildman–Crippen MR) is 110 cm³/mol. The number of benzene rings is 2. The van der Waals surface area contributed by atoms with Gasteiger partial charge in [0.1, 0.15) is 11.9 Å². The first kappa shape index (κ1) is 20.5. The monoisotopic (exact) mass is 396 g/mol. The lowest BCUT2D eigenvalue weighted by molar-refractivity contribution is -0.862. The van der Waals surface area contributed by atoms with Crippen LogP contribution in [-0.4, -0.2) is 56.9 Å². The van der Waals surface area contributed by atoms with Gasteiger partial charge in [0, 0.05) is 12.0 Å². The molecular weight excluding hydrogens is 370 g/mol. The van der Waals surface area contributed by atoms with Gasteiger partial charge in [0.05, 0.1) is 39.5 Å². The summed E-state index contributed by atoms with van der Waals surface area (Å²) < 4.78 is 11.3. The minimum atomic E-state index is -0.449. The molecule has 0 saturated heterocycles. The highest BCUT2D eigenvalue weighted by atomic mass is 16.5. The number of carbonyl (C=O) groups is 2. The number of quaternary nitrogens is 1. The van der Waals surface area contributed by atoms with Crippen LogP contribution in [0.25, 0.3) is 0 Å². The van der Waals surface area contributed by atoms with E-state index in [0.717, 1.165) is 16.9 Å². The molecule has 0 aliphatic carbocycles. The molecule has 0 aromatic heterocycles.